The predicted molar refractivity (Wildman–Crippen MR) is 106 cm³/mol. The van der Waals surface area contributed by atoms with E-state index in [0.29, 0.717) is 17.9 Å². The maximum absolute atomic E-state index is 6.13. The summed E-state index contributed by atoms with van der Waals surface area (Å²) < 4.78 is 0. The lowest BCUT2D eigenvalue weighted by molar-refractivity contribution is 0.329. The first-order chi connectivity index (χ1) is 12.3. The standard InChI is InChI=1S/C21H34N4/c22-21(24-20-10-6-1-2-7-11-20)23-16-19-13-15-25(17-19)14-12-18-8-4-3-5-9-18/h3-5,8-9,19-20H,1-2,6-7,10-17H2,(H3,22,23,24). The molecule has 1 aromatic carbocycles. The van der Waals surface area contributed by atoms with Crippen molar-refractivity contribution in [3.8, 4) is 0 Å². The molecule has 138 valence electrons. The van der Waals surface area contributed by atoms with Crippen molar-refractivity contribution in [3.05, 3.63) is 35.9 Å². The summed E-state index contributed by atoms with van der Waals surface area (Å²) in [5, 5.41) is 3.45. The van der Waals surface area contributed by atoms with Gasteiger partial charge in [-0.1, -0.05) is 56.0 Å². The van der Waals surface area contributed by atoms with Crippen LogP contribution in [0.1, 0.15) is 50.5 Å². The zero-order chi connectivity index (χ0) is 17.3. The van der Waals surface area contributed by atoms with E-state index in [4.69, 9.17) is 5.73 Å². The van der Waals surface area contributed by atoms with Crippen molar-refractivity contribution in [3.63, 3.8) is 0 Å². The molecule has 2 fully saturated rings. The number of hydrogen-bond donors (Lipinski definition) is 2. The highest BCUT2D eigenvalue weighted by atomic mass is 15.2. The summed E-state index contributed by atoms with van der Waals surface area (Å²) in [6.07, 6.45) is 10.3. The molecule has 2 aliphatic rings. The number of aliphatic imine (C=N–C) groups is 1. The Labute approximate surface area is 152 Å². The van der Waals surface area contributed by atoms with Gasteiger partial charge in [-0.2, -0.15) is 0 Å². The molecule has 4 nitrogen and oxygen atoms in total. The summed E-state index contributed by atoms with van der Waals surface area (Å²) in [6.45, 7) is 4.38. The maximum Gasteiger partial charge on any atom is 0.188 e. The quantitative estimate of drug-likeness (QED) is 0.474. The van der Waals surface area contributed by atoms with Crippen LogP contribution in [0.4, 0.5) is 0 Å². The molecule has 1 saturated carbocycles. The summed E-state index contributed by atoms with van der Waals surface area (Å²) in [4.78, 5) is 7.21. The van der Waals surface area contributed by atoms with Gasteiger partial charge in [0.15, 0.2) is 5.96 Å². The Kier molecular flexibility index (Phi) is 7.16. The van der Waals surface area contributed by atoms with Crippen molar-refractivity contribution >= 4 is 5.96 Å². The number of nitrogens with zero attached hydrogens (tertiary/aromatic N) is 2. The van der Waals surface area contributed by atoms with Crippen molar-refractivity contribution in [2.24, 2.45) is 16.6 Å². The van der Waals surface area contributed by atoms with Crippen LogP contribution in [0.5, 0.6) is 0 Å². The molecule has 0 amide bonds. The molecule has 3 N–H and O–H groups in total. The van der Waals surface area contributed by atoms with Crippen LogP contribution >= 0.6 is 0 Å². The second-order valence-electron chi connectivity index (χ2n) is 7.75. The van der Waals surface area contributed by atoms with Crippen molar-refractivity contribution < 1.29 is 0 Å². The van der Waals surface area contributed by atoms with Crippen LogP contribution in [0.25, 0.3) is 0 Å². The van der Waals surface area contributed by atoms with E-state index in [1.807, 2.05) is 0 Å². The van der Waals surface area contributed by atoms with E-state index in [-0.39, 0.29) is 0 Å². The van der Waals surface area contributed by atoms with Crippen LogP contribution in [0.3, 0.4) is 0 Å². The molecule has 1 aliphatic heterocycles. The van der Waals surface area contributed by atoms with Crippen LogP contribution in [0.2, 0.25) is 0 Å². The number of likely N-dealkylation sites (tertiary alicyclic amines) is 1. The largest absolute Gasteiger partial charge is 0.370 e. The fraction of sp³-hybridized carbons (Fsp3) is 0.667. The Morgan fingerprint density at radius 3 is 2.60 bits per heavy atom. The summed E-state index contributed by atoms with van der Waals surface area (Å²) in [6, 6.07) is 11.3. The van der Waals surface area contributed by atoms with Crippen LogP contribution in [0.15, 0.2) is 35.3 Å². The normalized spacial score (nSPS) is 23.5. The first-order valence-electron chi connectivity index (χ1n) is 10.1. The lowest BCUT2D eigenvalue weighted by atomic mass is 10.1. The predicted octanol–water partition coefficient (Wildman–Crippen LogP) is 3.18. The van der Waals surface area contributed by atoms with Gasteiger partial charge in [-0.15, -0.1) is 0 Å². The fourth-order valence-electron chi connectivity index (χ4n) is 4.10. The van der Waals surface area contributed by atoms with Gasteiger partial charge in [-0.3, -0.25) is 4.99 Å². The van der Waals surface area contributed by atoms with Crippen LogP contribution in [-0.4, -0.2) is 43.1 Å². The van der Waals surface area contributed by atoms with Gasteiger partial charge in [0, 0.05) is 25.7 Å². The Bertz CT molecular complexity index is 520. The number of nitrogens with one attached hydrogen (secondary N) is 1. The average Bonchev–Trinajstić information content (AvgIpc) is 2.94. The third-order valence-electron chi connectivity index (χ3n) is 5.66. The molecule has 1 heterocycles. The van der Waals surface area contributed by atoms with Crippen LogP contribution in [-0.2, 0) is 6.42 Å². The minimum atomic E-state index is 0.539. The first kappa shape index (κ1) is 18.2. The average molecular weight is 343 g/mol. The van der Waals surface area contributed by atoms with E-state index in [1.54, 1.807) is 0 Å². The van der Waals surface area contributed by atoms with Gasteiger partial charge in [0.2, 0.25) is 0 Å². The molecule has 3 rings (SSSR count). The van der Waals surface area contributed by atoms with Crippen molar-refractivity contribution in [2.45, 2.75) is 57.4 Å². The van der Waals surface area contributed by atoms with Gasteiger partial charge >= 0.3 is 0 Å². The Balaban J connectivity index is 1.35. The molecule has 25 heavy (non-hydrogen) atoms. The number of nitrogens with two attached hydrogens (primary N) is 1. The fourth-order valence-corrected chi connectivity index (χ4v) is 4.10. The van der Waals surface area contributed by atoms with E-state index in [2.05, 4.69) is 45.5 Å². The van der Waals surface area contributed by atoms with Gasteiger partial charge in [-0.25, -0.2) is 0 Å². The monoisotopic (exact) mass is 342 g/mol. The summed E-state index contributed by atoms with van der Waals surface area (Å²) >= 11 is 0. The molecule has 1 unspecified atom stereocenters. The van der Waals surface area contributed by atoms with E-state index in [1.165, 1.54) is 57.1 Å². The summed E-state index contributed by atoms with van der Waals surface area (Å²) in [5.74, 6) is 1.32. The minimum Gasteiger partial charge on any atom is -0.370 e. The molecule has 0 aromatic heterocycles. The molecule has 4 heteroatoms. The van der Waals surface area contributed by atoms with Crippen LogP contribution < -0.4 is 11.1 Å². The number of guanidine groups is 1. The lowest BCUT2D eigenvalue weighted by Gasteiger charge is -2.17. The Morgan fingerprint density at radius 2 is 1.84 bits per heavy atom. The molecule has 1 atom stereocenters. The smallest absolute Gasteiger partial charge is 0.188 e. The van der Waals surface area contributed by atoms with E-state index in [9.17, 15) is 0 Å². The molecule has 0 radical (unpaired) electrons. The lowest BCUT2D eigenvalue weighted by Crippen LogP contribution is -2.40. The van der Waals surface area contributed by atoms with E-state index in [0.717, 1.165) is 26.1 Å². The highest BCUT2D eigenvalue weighted by Gasteiger charge is 2.22. The molecule has 1 aliphatic carbocycles. The highest BCUT2D eigenvalue weighted by molar-refractivity contribution is 5.78. The molecular weight excluding hydrogens is 308 g/mol. The number of benzene rings is 1. The van der Waals surface area contributed by atoms with Crippen molar-refractivity contribution in [1.29, 1.82) is 0 Å². The van der Waals surface area contributed by atoms with Gasteiger partial charge in [-0.05, 0) is 43.7 Å². The third-order valence-corrected chi connectivity index (χ3v) is 5.66. The minimum absolute atomic E-state index is 0.539. The van der Waals surface area contributed by atoms with Gasteiger partial charge < -0.3 is 16.0 Å². The SMILES string of the molecule is NC(=NCC1CCN(CCc2ccccc2)C1)NC1CCCCCC1. The van der Waals surface area contributed by atoms with Gasteiger partial charge in [0.25, 0.3) is 0 Å². The zero-order valence-electron chi connectivity index (χ0n) is 15.5. The molecule has 1 saturated heterocycles. The topological polar surface area (TPSA) is 53.6 Å². The van der Waals surface area contributed by atoms with Crippen molar-refractivity contribution in [1.82, 2.24) is 10.2 Å². The Hall–Kier alpha value is -1.55. The van der Waals surface area contributed by atoms with E-state index >= 15 is 0 Å². The number of rotatable bonds is 6. The second-order valence-corrected chi connectivity index (χ2v) is 7.75. The second kappa shape index (κ2) is 9.81. The summed E-state index contributed by atoms with van der Waals surface area (Å²) in [7, 11) is 0. The third kappa shape index (κ3) is 6.35. The number of hydrogen-bond acceptors (Lipinski definition) is 2. The molecule has 1 aromatic rings. The van der Waals surface area contributed by atoms with Gasteiger partial charge in [0.05, 0.1) is 0 Å². The molecular formula is C21H34N4. The summed E-state index contributed by atoms with van der Waals surface area (Å²) in [5.41, 5.74) is 7.56. The van der Waals surface area contributed by atoms with E-state index < -0.39 is 0 Å². The van der Waals surface area contributed by atoms with Gasteiger partial charge in [0.1, 0.15) is 0 Å². The molecule has 0 bridgehead atoms. The maximum atomic E-state index is 6.13. The zero-order valence-corrected chi connectivity index (χ0v) is 15.5. The molecule has 0 spiro atoms. The van der Waals surface area contributed by atoms with Crippen LogP contribution in [0, 0.1) is 5.92 Å². The Morgan fingerprint density at radius 1 is 1.08 bits per heavy atom. The highest BCUT2D eigenvalue weighted by Crippen LogP contribution is 2.18. The van der Waals surface area contributed by atoms with Crippen molar-refractivity contribution in [2.75, 3.05) is 26.2 Å². The first-order valence-corrected chi connectivity index (χ1v) is 10.1.